The van der Waals surface area contributed by atoms with Crippen molar-refractivity contribution < 1.29 is 33.0 Å². The Bertz CT molecular complexity index is 1210. The van der Waals surface area contributed by atoms with Crippen molar-refractivity contribution in [3.63, 3.8) is 0 Å². The van der Waals surface area contributed by atoms with Crippen LogP contribution in [0, 0.1) is 17.5 Å². The van der Waals surface area contributed by atoms with Gasteiger partial charge in [0.05, 0.1) is 12.6 Å². The first kappa shape index (κ1) is 25.9. The maximum absolute atomic E-state index is 13.9. The average molecular weight is 519 g/mol. The summed E-state index contributed by atoms with van der Waals surface area (Å²) in [5.74, 6) is -3.40. The van der Waals surface area contributed by atoms with Gasteiger partial charge >= 0.3 is 0 Å². The molecular weight excluding hydrogens is 493 g/mol. The molecule has 0 aliphatic carbocycles. The summed E-state index contributed by atoms with van der Waals surface area (Å²) in [4.78, 5) is 27.3. The molecule has 1 aliphatic rings. The molecule has 1 saturated heterocycles. The zero-order valence-corrected chi connectivity index (χ0v) is 20.0. The van der Waals surface area contributed by atoms with Gasteiger partial charge in [-0.3, -0.25) is 9.59 Å². The smallest absolute Gasteiger partial charge is 0.255 e. The minimum absolute atomic E-state index is 0.00312. The maximum Gasteiger partial charge on any atom is 0.255 e. The number of amides is 2. The highest BCUT2D eigenvalue weighted by atomic mass is 32.1. The highest BCUT2D eigenvalue weighted by Crippen LogP contribution is 2.32. The van der Waals surface area contributed by atoms with Crippen molar-refractivity contribution in [2.75, 3.05) is 6.54 Å². The van der Waals surface area contributed by atoms with Gasteiger partial charge in [-0.15, -0.1) is 11.3 Å². The van der Waals surface area contributed by atoms with Gasteiger partial charge in [0.2, 0.25) is 0 Å². The Morgan fingerprint density at radius 3 is 2.44 bits per heavy atom. The molecule has 0 saturated carbocycles. The number of thiophene rings is 1. The highest BCUT2D eigenvalue weighted by molar-refractivity contribution is 7.10. The fraction of sp³-hybridized carbons (Fsp3) is 0.308. The third-order valence-electron chi connectivity index (χ3n) is 6.20. The van der Waals surface area contributed by atoms with Crippen LogP contribution >= 0.6 is 11.3 Å². The summed E-state index contributed by atoms with van der Waals surface area (Å²) in [6.45, 7) is 0.343. The van der Waals surface area contributed by atoms with Gasteiger partial charge in [-0.1, -0.05) is 18.2 Å². The summed E-state index contributed by atoms with van der Waals surface area (Å²) in [7, 11) is 0. The third-order valence-corrected chi connectivity index (χ3v) is 7.18. The standard InChI is InChI=1S/C26H25F3N2O4S/c27-17-8-6-16(7-9-17)22-5-2-10-31(22)26(35)24(33)23(32)25(34)30-13-18-11-15(14-36-18)12-19-20(28)3-1-4-21(19)29/h1,3-4,6-9,11,14,22-24,32-33H,2,5,10,12-13H2,(H,30,34)/t22?,23?,24-/m1/s1. The van der Waals surface area contributed by atoms with Crippen LogP contribution in [-0.2, 0) is 22.6 Å². The molecule has 1 aliphatic heterocycles. The minimum atomic E-state index is -1.99. The molecule has 1 aromatic heterocycles. The lowest BCUT2D eigenvalue weighted by Gasteiger charge is -2.28. The Hall–Kier alpha value is -3.21. The molecule has 0 bridgehead atoms. The molecule has 10 heteroatoms. The van der Waals surface area contributed by atoms with Crippen LogP contribution in [0.1, 0.15) is 40.5 Å². The quantitative estimate of drug-likeness (QED) is 0.426. The number of likely N-dealkylation sites (tertiary alicyclic amines) is 1. The van der Waals surface area contributed by atoms with Crippen LogP contribution in [0.25, 0.3) is 0 Å². The number of aliphatic hydroxyl groups excluding tert-OH is 2. The van der Waals surface area contributed by atoms with Crippen LogP contribution in [0.15, 0.2) is 53.9 Å². The molecule has 3 N–H and O–H groups in total. The van der Waals surface area contributed by atoms with E-state index in [2.05, 4.69) is 5.32 Å². The number of nitrogens with one attached hydrogen (secondary N) is 1. The van der Waals surface area contributed by atoms with E-state index in [1.807, 2.05) is 0 Å². The van der Waals surface area contributed by atoms with Crippen molar-refractivity contribution in [1.82, 2.24) is 10.2 Å². The molecule has 36 heavy (non-hydrogen) atoms. The second-order valence-corrected chi connectivity index (χ2v) is 9.64. The van der Waals surface area contributed by atoms with Gasteiger partial charge in [0, 0.05) is 23.4 Å². The number of nitrogens with zero attached hydrogens (tertiary/aromatic N) is 1. The van der Waals surface area contributed by atoms with Gasteiger partial charge in [-0.2, -0.15) is 0 Å². The Balaban J connectivity index is 1.33. The van der Waals surface area contributed by atoms with Gasteiger partial charge < -0.3 is 20.4 Å². The molecular formula is C26H25F3N2O4S. The number of hydrogen-bond acceptors (Lipinski definition) is 5. The first-order chi connectivity index (χ1) is 17.2. The molecule has 2 aromatic carbocycles. The molecule has 0 spiro atoms. The normalized spacial score (nSPS) is 17.1. The number of carbonyl (C=O) groups is 2. The second-order valence-electron chi connectivity index (χ2n) is 8.65. The first-order valence-electron chi connectivity index (χ1n) is 11.4. The van der Waals surface area contributed by atoms with Crippen molar-refractivity contribution in [2.24, 2.45) is 0 Å². The van der Waals surface area contributed by atoms with E-state index in [1.165, 1.54) is 46.6 Å². The zero-order chi connectivity index (χ0) is 25.8. The Morgan fingerprint density at radius 1 is 1.06 bits per heavy atom. The number of benzene rings is 2. The fourth-order valence-corrected chi connectivity index (χ4v) is 5.14. The van der Waals surface area contributed by atoms with E-state index in [0.29, 0.717) is 35.4 Å². The molecule has 3 aromatic rings. The lowest BCUT2D eigenvalue weighted by molar-refractivity contribution is -0.153. The molecule has 1 fully saturated rings. The van der Waals surface area contributed by atoms with Crippen molar-refractivity contribution >= 4 is 23.2 Å². The Kier molecular flexibility index (Phi) is 8.07. The van der Waals surface area contributed by atoms with E-state index in [1.54, 1.807) is 23.6 Å². The topological polar surface area (TPSA) is 89.9 Å². The van der Waals surface area contributed by atoms with E-state index >= 15 is 0 Å². The van der Waals surface area contributed by atoms with Crippen LogP contribution in [0.5, 0.6) is 0 Å². The number of carbonyl (C=O) groups excluding carboxylic acids is 2. The number of hydrogen-bond donors (Lipinski definition) is 3. The van der Waals surface area contributed by atoms with E-state index in [4.69, 9.17) is 0 Å². The van der Waals surface area contributed by atoms with Crippen LogP contribution in [-0.4, -0.2) is 45.7 Å². The Labute approximate surface area is 210 Å². The molecule has 0 radical (unpaired) electrons. The van der Waals surface area contributed by atoms with E-state index in [9.17, 15) is 33.0 Å². The largest absolute Gasteiger partial charge is 0.380 e. The summed E-state index contributed by atoms with van der Waals surface area (Å²) in [5, 5.41) is 24.9. The van der Waals surface area contributed by atoms with Crippen LogP contribution in [0.4, 0.5) is 13.2 Å². The zero-order valence-electron chi connectivity index (χ0n) is 19.2. The molecule has 190 valence electrons. The van der Waals surface area contributed by atoms with Crippen molar-refractivity contribution in [2.45, 2.75) is 44.1 Å². The molecule has 2 heterocycles. The van der Waals surface area contributed by atoms with Crippen LogP contribution in [0.3, 0.4) is 0 Å². The lowest BCUT2D eigenvalue weighted by atomic mass is 10.0. The van der Waals surface area contributed by atoms with Crippen LogP contribution in [0.2, 0.25) is 0 Å². The maximum atomic E-state index is 13.9. The molecule has 4 rings (SSSR count). The van der Waals surface area contributed by atoms with Gasteiger partial charge in [0.15, 0.2) is 12.2 Å². The van der Waals surface area contributed by atoms with Gasteiger partial charge in [-0.05, 0) is 59.7 Å². The SMILES string of the molecule is O=C(NCc1cc(Cc2c(F)cccc2F)cs1)C(O)[C@@H](O)C(=O)N1CCCC1c1ccc(F)cc1. The number of rotatable bonds is 8. The van der Waals surface area contributed by atoms with E-state index < -0.39 is 41.5 Å². The molecule has 3 atom stereocenters. The molecule has 6 nitrogen and oxygen atoms in total. The monoisotopic (exact) mass is 518 g/mol. The Morgan fingerprint density at radius 2 is 1.75 bits per heavy atom. The molecule has 2 amide bonds. The van der Waals surface area contributed by atoms with Gasteiger partial charge in [0.25, 0.3) is 11.8 Å². The highest BCUT2D eigenvalue weighted by Gasteiger charge is 2.38. The van der Waals surface area contributed by atoms with Crippen molar-refractivity contribution in [3.05, 3.63) is 92.9 Å². The summed E-state index contributed by atoms with van der Waals surface area (Å²) < 4.78 is 41.0. The summed E-state index contributed by atoms with van der Waals surface area (Å²) in [6.07, 6.45) is -2.62. The second kappa shape index (κ2) is 11.2. The first-order valence-corrected chi connectivity index (χ1v) is 12.3. The lowest BCUT2D eigenvalue weighted by Crippen LogP contribution is -2.50. The van der Waals surface area contributed by atoms with Crippen molar-refractivity contribution in [1.29, 1.82) is 0 Å². The van der Waals surface area contributed by atoms with E-state index in [-0.39, 0.29) is 24.6 Å². The van der Waals surface area contributed by atoms with Crippen molar-refractivity contribution in [3.8, 4) is 0 Å². The van der Waals surface area contributed by atoms with E-state index in [0.717, 1.165) is 0 Å². The van der Waals surface area contributed by atoms with Crippen LogP contribution < -0.4 is 5.32 Å². The number of halogens is 3. The summed E-state index contributed by atoms with van der Waals surface area (Å²) in [6, 6.07) is 10.7. The fourth-order valence-electron chi connectivity index (χ4n) is 4.31. The van der Waals surface area contributed by atoms with Gasteiger partial charge in [0.1, 0.15) is 17.5 Å². The number of aliphatic hydroxyl groups is 2. The predicted octanol–water partition coefficient (Wildman–Crippen LogP) is 3.46. The summed E-state index contributed by atoms with van der Waals surface area (Å²) in [5.41, 5.74) is 1.31. The minimum Gasteiger partial charge on any atom is -0.380 e. The third kappa shape index (κ3) is 5.77. The van der Waals surface area contributed by atoms with Gasteiger partial charge in [-0.25, -0.2) is 13.2 Å². The summed E-state index contributed by atoms with van der Waals surface area (Å²) >= 11 is 1.26. The predicted molar refractivity (Wildman–Crippen MR) is 127 cm³/mol. The molecule has 2 unspecified atom stereocenters. The average Bonchev–Trinajstić information content (AvgIpc) is 3.54.